The Morgan fingerprint density at radius 2 is 1.79 bits per heavy atom. The van der Waals surface area contributed by atoms with Crippen molar-refractivity contribution in [2.24, 2.45) is 5.41 Å². The van der Waals surface area contributed by atoms with Crippen LogP contribution in [-0.4, -0.2) is 54.3 Å². The SMILES string of the molecule is CCC(N(NC(=O)c1cccc(OC)c1C)C(=O)c1cc(OC)cc(B(O)O)c1)C(C)(C)C. The van der Waals surface area contributed by atoms with Crippen LogP contribution in [0.2, 0.25) is 0 Å². The summed E-state index contributed by atoms with van der Waals surface area (Å²) in [6, 6.07) is 9.10. The first kappa shape index (κ1) is 26.2. The number of nitrogens with zero attached hydrogens (tertiary/aromatic N) is 1. The highest BCUT2D eigenvalue weighted by Crippen LogP contribution is 2.28. The van der Waals surface area contributed by atoms with E-state index >= 15 is 0 Å². The van der Waals surface area contributed by atoms with Crippen molar-refractivity contribution in [1.29, 1.82) is 0 Å². The molecule has 0 aliphatic carbocycles. The molecule has 0 bridgehead atoms. The van der Waals surface area contributed by atoms with Gasteiger partial charge in [-0.25, -0.2) is 5.01 Å². The topological polar surface area (TPSA) is 108 Å². The number of amides is 2. The van der Waals surface area contributed by atoms with E-state index in [1.54, 1.807) is 25.1 Å². The van der Waals surface area contributed by atoms with E-state index in [2.05, 4.69) is 5.43 Å². The van der Waals surface area contributed by atoms with E-state index in [0.29, 0.717) is 29.0 Å². The van der Waals surface area contributed by atoms with Gasteiger partial charge in [0.15, 0.2) is 0 Å². The molecule has 2 aromatic rings. The minimum Gasteiger partial charge on any atom is -0.497 e. The summed E-state index contributed by atoms with van der Waals surface area (Å²) in [5, 5.41) is 20.6. The Labute approximate surface area is 195 Å². The normalized spacial score (nSPS) is 12.0. The third kappa shape index (κ3) is 6.06. The van der Waals surface area contributed by atoms with Crippen LogP contribution >= 0.6 is 0 Å². The number of benzene rings is 2. The summed E-state index contributed by atoms with van der Waals surface area (Å²) in [5.74, 6) is -0.0836. The minimum absolute atomic E-state index is 0.108. The molecule has 0 fully saturated rings. The van der Waals surface area contributed by atoms with Crippen molar-refractivity contribution < 1.29 is 29.1 Å². The second-order valence-electron chi connectivity index (χ2n) is 8.91. The van der Waals surface area contributed by atoms with Crippen molar-refractivity contribution in [2.45, 2.75) is 47.1 Å². The molecule has 33 heavy (non-hydrogen) atoms. The molecule has 0 heterocycles. The maximum atomic E-state index is 13.7. The third-order valence-electron chi connectivity index (χ3n) is 5.60. The van der Waals surface area contributed by atoms with Crippen LogP contribution in [0.4, 0.5) is 0 Å². The zero-order chi connectivity index (χ0) is 24.9. The van der Waals surface area contributed by atoms with Gasteiger partial charge >= 0.3 is 7.12 Å². The van der Waals surface area contributed by atoms with E-state index in [1.165, 1.54) is 37.4 Å². The van der Waals surface area contributed by atoms with Crippen LogP contribution in [0.1, 0.15) is 60.4 Å². The molecule has 0 saturated heterocycles. The number of carbonyl (C=O) groups excluding carboxylic acids is 2. The lowest BCUT2D eigenvalue weighted by molar-refractivity contribution is 0.0284. The maximum absolute atomic E-state index is 13.7. The number of nitrogens with one attached hydrogen (secondary N) is 1. The van der Waals surface area contributed by atoms with E-state index in [1.807, 2.05) is 27.7 Å². The number of hydrogen-bond acceptors (Lipinski definition) is 6. The Balaban J connectivity index is 2.55. The Kier molecular flexibility index (Phi) is 8.52. The summed E-state index contributed by atoms with van der Waals surface area (Å²) in [4.78, 5) is 26.9. The molecule has 8 nitrogen and oxygen atoms in total. The molecule has 1 unspecified atom stereocenters. The van der Waals surface area contributed by atoms with Gasteiger partial charge in [0, 0.05) is 16.7 Å². The number of hydrogen-bond donors (Lipinski definition) is 3. The van der Waals surface area contributed by atoms with Crippen molar-refractivity contribution in [1.82, 2.24) is 10.4 Å². The number of methoxy groups -OCH3 is 2. The van der Waals surface area contributed by atoms with E-state index in [4.69, 9.17) is 9.47 Å². The number of rotatable bonds is 7. The average molecular weight is 456 g/mol. The lowest BCUT2D eigenvalue weighted by atomic mass is 9.79. The first-order valence-electron chi connectivity index (χ1n) is 10.8. The van der Waals surface area contributed by atoms with E-state index in [0.717, 1.165) is 0 Å². The quantitative estimate of drug-likeness (QED) is 0.436. The lowest BCUT2D eigenvalue weighted by Crippen LogP contribution is -2.56. The Bertz CT molecular complexity index is 1000. The van der Waals surface area contributed by atoms with Gasteiger partial charge in [-0.05, 0) is 54.6 Å². The Morgan fingerprint density at radius 1 is 1.12 bits per heavy atom. The van der Waals surface area contributed by atoms with Crippen molar-refractivity contribution in [3.8, 4) is 11.5 Å². The summed E-state index contributed by atoms with van der Waals surface area (Å²) in [5.41, 5.74) is 3.73. The van der Waals surface area contributed by atoms with Gasteiger partial charge < -0.3 is 19.5 Å². The summed E-state index contributed by atoms with van der Waals surface area (Å²) >= 11 is 0. The van der Waals surface area contributed by atoms with Crippen molar-refractivity contribution >= 4 is 24.4 Å². The highest BCUT2D eigenvalue weighted by Gasteiger charge is 2.35. The standard InChI is InChI=1S/C24H33BN2O6/c1-8-21(24(3,4)5)27(26-22(28)19-10-9-11-20(33-7)15(19)2)23(29)16-12-17(25(30)31)14-18(13-16)32-6/h9-14,21,30-31H,8H2,1-7H3,(H,26,28). The fraction of sp³-hybridized carbons (Fsp3) is 0.417. The monoisotopic (exact) mass is 456 g/mol. The van der Waals surface area contributed by atoms with Crippen molar-refractivity contribution in [2.75, 3.05) is 14.2 Å². The maximum Gasteiger partial charge on any atom is 0.488 e. The summed E-state index contributed by atoms with van der Waals surface area (Å²) in [6.45, 7) is 9.67. The summed E-state index contributed by atoms with van der Waals surface area (Å²) < 4.78 is 10.5. The lowest BCUT2D eigenvalue weighted by Gasteiger charge is -2.39. The summed E-state index contributed by atoms with van der Waals surface area (Å²) in [7, 11) is 1.17. The molecule has 178 valence electrons. The average Bonchev–Trinajstić information content (AvgIpc) is 2.77. The van der Waals surface area contributed by atoms with E-state index in [9.17, 15) is 19.6 Å². The molecular formula is C24H33BN2O6. The molecule has 0 aliphatic rings. The van der Waals surface area contributed by atoms with Crippen LogP contribution in [0.15, 0.2) is 36.4 Å². The van der Waals surface area contributed by atoms with Gasteiger partial charge in [0.05, 0.1) is 20.3 Å². The molecule has 1 atom stereocenters. The van der Waals surface area contributed by atoms with Crippen LogP contribution in [0.3, 0.4) is 0 Å². The molecule has 3 N–H and O–H groups in total. The van der Waals surface area contributed by atoms with Crippen LogP contribution in [0.25, 0.3) is 0 Å². The van der Waals surface area contributed by atoms with Crippen LogP contribution in [0, 0.1) is 12.3 Å². The minimum atomic E-state index is -1.78. The van der Waals surface area contributed by atoms with Gasteiger partial charge in [-0.1, -0.05) is 33.8 Å². The third-order valence-corrected chi connectivity index (χ3v) is 5.60. The molecule has 0 aliphatic heterocycles. The zero-order valence-electron chi connectivity index (χ0n) is 20.3. The van der Waals surface area contributed by atoms with Gasteiger partial charge in [-0.2, -0.15) is 0 Å². The molecule has 0 radical (unpaired) electrons. The molecule has 0 saturated carbocycles. The first-order valence-corrected chi connectivity index (χ1v) is 10.8. The second-order valence-corrected chi connectivity index (χ2v) is 8.91. The van der Waals surface area contributed by atoms with Gasteiger partial charge in [0.1, 0.15) is 11.5 Å². The predicted molar refractivity (Wildman–Crippen MR) is 128 cm³/mol. The zero-order valence-corrected chi connectivity index (χ0v) is 20.3. The van der Waals surface area contributed by atoms with Crippen LogP contribution in [-0.2, 0) is 0 Å². The molecule has 0 aromatic heterocycles. The van der Waals surface area contributed by atoms with Crippen LogP contribution < -0.4 is 20.4 Å². The fourth-order valence-electron chi connectivity index (χ4n) is 3.86. The Morgan fingerprint density at radius 3 is 2.30 bits per heavy atom. The highest BCUT2D eigenvalue weighted by molar-refractivity contribution is 6.58. The van der Waals surface area contributed by atoms with E-state index < -0.39 is 18.9 Å². The molecule has 2 aromatic carbocycles. The first-order chi connectivity index (χ1) is 15.4. The number of ether oxygens (including phenoxy) is 2. The molecule has 2 amide bonds. The number of carbonyl (C=O) groups is 2. The van der Waals surface area contributed by atoms with Gasteiger partial charge in [0.2, 0.25) is 0 Å². The molecule has 0 spiro atoms. The van der Waals surface area contributed by atoms with Crippen molar-refractivity contribution in [3.05, 3.63) is 53.1 Å². The van der Waals surface area contributed by atoms with Gasteiger partial charge in [0.25, 0.3) is 11.8 Å². The highest BCUT2D eigenvalue weighted by atomic mass is 16.5. The number of hydrazine groups is 1. The summed E-state index contributed by atoms with van der Waals surface area (Å²) in [6.07, 6.45) is 0.575. The fourth-order valence-corrected chi connectivity index (χ4v) is 3.86. The Hall–Kier alpha value is -3.04. The van der Waals surface area contributed by atoms with Gasteiger partial charge in [-0.15, -0.1) is 0 Å². The smallest absolute Gasteiger partial charge is 0.488 e. The van der Waals surface area contributed by atoms with Gasteiger partial charge in [-0.3, -0.25) is 15.0 Å². The molecular weight excluding hydrogens is 423 g/mol. The van der Waals surface area contributed by atoms with Crippen LogP contribution in [0.5, 0.6) is 11.5 Å². The molecule has 9 heteroatoms. The largest absolute Gasteiger partial charge is 0.497 e. The predicted octanol–water partition coefficient (Wildman–Crippen LogP) is 2.30. The van der Waals surface area contributed by atoms with E-state index in [-0.39, 0.29) is 22.5 Å². The second kappa shape index (κ2) is 10.7. The van der Waals surface area contributed by atoms with Crippen molar-refractivity contribution in [3.63, 3.8) is 0 Å². The molecule has 2 rings (SSSR count).